The van der Waals surface area contributed by atoms with Gasteiger partial charge >= 0.3 is 11.9 Å². The van der Waals surface area contributed by atoms with Gasteiger partial charge in [-0.1, -0.05) is 251 Å². The molecule has 0 bridgehead atoms. The van der Waals surface area contributed by atoms with Crippen molar-refractivity contribution in [3.05, 3.63) is 12.2 Å². The molecule has 0 heterocycles. The molecule has 0 aromatic rings. The third-order valence-electron chi connectivity index (χ3n) is 13.0. The average molecular weight is 970 g/mol. The Balaban J connectivity index is 4.12. The number of phosphoric ester groups is 1. The molecule has 10 heteroatoms. The van der Waals surface area contributed by atoms with Gasteiger partial charge in [0.25, 0.3) is 7.82 Å². The predicted molar refractivity (Wildman–Crippen MR) is 282 cm³/mol. The van der Waals surface area contributed by atoms with E-state index < -0.39 is 26.5 Å². The van der Waals surface area contributed by atoms with Gasteiger partial charge in [-0.3, -0.25) is 14.2 Å². The summed E-state index contributed by atoms with van der Waals surface area (Å²) in [5.41, 5.74) is 0. The lowest BCUT2D eigenvalue weighted by molar-refractivity contribution is -0.870. The van der Waals surface area contributed by atoms with Crippen molar-refractivity contribution in [3.63, 3.8) is 0 Å². The summed E-state index contributed by atoms with van der Waals surface area (Å²) < 4.78 is 34.2. The third-order valence-corrected chi connectivity index (χ3v) is 14.0. The summed E-state index contributed by atoms with van der Waals surface area (Å²) in [6, 6.07) is 0. The van der Waals surface area contributed by atoms with Crippen molar-refractivity contribution >= 4 is 19.8 Å². The highest BCUT2D eigenvalue weighted by atomic mass is 31.2. The number of ether oxygens (including phenoxy) is 2. The standard InChI is InChI=1S/C57H112NO8P/c1-6-8-10-12-14-16-18-20-22-24-26-27-28-29-30-31-32-34-36-38-40-42-44-46-48-50-57(60)66-55(54-65-67(61,62)64-52-51-58(3,4)5)53-63-56(59)49-47-45-43-41-39-37-35-33-25-23-21-19-17-15-13-11-9-7-2/h24,26,55H,6-23,25,27-54H2,1-5H3/b26-24-. The van der Waals surface area contributed by atoms with Crippen LogP contribution in [0.4, 0.5) is 0 Å². The molecule has 0 aliphatic rings. The Morgan fingerprint density at radius 1 is 0.448 bits per heavy atom. The number of unbranched alkanes of at least 4 members (excludes halogenated alkanes) is 38. The lowest BCUT2D eigenvalue weighted by Crippen LogP contribution is -2.37. The molecular formula is C57H112NO8P. The summed E-state index contributed by atoms with van der Waals surface area (Å²) in [6.07, 6.45) is 56.8. The molecule has 2 atom stereocenters. The molecule has 0 aliphatic heterocycles. The van der Waals surface area contributed by atoms with E-state index in [1.165, 1.54) is 225 Å². The van der Waals surface area contributed by atoms with Gasteiger partial charge in [-0.05, 0) is 38.5 Å². The Bertz CT molecular complexity index is 1140. The van der Waals surface area contributed by atoms with E-state index in [-0.39, 0.29) is 32.0 Å². The average Bonchev–Trinajstić information content (AvgIpc) is 3.29. The van der Waals surface area contributed by atoms with Gasteiger partial charge in [0.1, 0.15) is 19.8 Å². The first kappa shape index (κ1) is 65.8. The first-order valence-corrected chi connectivity index (χ1v) is 30.4. The van der Waals surface area contributed by atoms with Crippen LogP contribution >= 0.6 is 7.82 Å². The zero-order valence-corrected chi connectivity index (χ0v) is 46.0. The van der Waals surface area contributed by atoms with Crippen LogP contribution in [0.5, 0.6) is 0 Å². The lowest BCUT2D eigenvalue weighted by Gasteiger charge is -2.28. The van der Waals surface area contributed by atoms with Gasteiger partial charge in [0.2, 0.25) is 0 Å². The van der Waals surface area contributed by atoms with Gasteiger partial charge in [0, 0.05) is 12.8 Å². The van der Waals surface area contributed by atoms with Crippen molar-refractivity contribution in [1.29, 1.82) is 0 Å². The SMILES string of the molecule is CCCCCCCCCC/C=C\CCCCCCCCCCCCCCCC(=O)OC(COC(=O)CCCCCCCCCCCCCCCCCCCC)COP(=O)([O-])OCC[N+](C)(C)C. The molecule has 0 aromatic carbocycles. The Hall–Kier alpha value is -1.25. The number of carbonyl (C=O) groups excluding carboxylic acids is 2. The molecule has 9 nitrogen and oxygen atoms in total. The second-order valence-corrected chi connectivity index (χ2v) is 22.4. The number of allylic oxidation sites excluding steroid dienone is 2. The van der Waals surface area contributed by atoms with E-state index in [0.29, 0.717) is 17.4 Å². The van der Waals surface area contributed by atoms with Gasteiger partial charge < -0.3 is 27.9 Å². The molecule has 0 radical (unpaired) electrons. The highest BCUT2D eigenvalue weighted by Gasteiger charge is 2.22. The van der Waals surface area contributed by atoms with Crippen LogP contribution in [0.2, 0.25) is 0 Å². The zero-order chi connectivity index (χ0) is 49.2. The van der Waals surface area contributed by atoms with Crippen LogP contribution in [0.25, 0.3) is 0 Å². The summed E-state index contributed by atoms with van der Waals surface area (Å²) in [5.74, 6) is -0.814. The maximum Gasteiger partial charge on any atom is 0.306 e. The molecule has 0 fully saturated rings. The number of hydrogen-bond acceptors (Lipinski definition) is 8. The van der Waals surface area contributed by atoms with Crippen molar-refractivity contribution in [2.45, 2.75) is 296 Å². The molecule has 0 saturated carbocycles. The third kappa shape index (κ3) is 53.9. The molecule has 0 rings (SSSR count). The van der Waals surface area contributed by atoms with Gasteiger partial charge in [0.05, 0.1) is 27.7 Å². The molecule has 0 aliphatic carbocycles. The number of nitrogens with zero attached hydrogens (tertiary/aromatic N) is 1. The van der Waals surface area contributed by atoms with Crippen LogP contribution in [-0.2, 0) is 32.7 Å². The zero-order valence-electron chi connectivity index (χ0n) is 45.1. The van der Waals surface area contributed by atoms with Crippen LogP contribution in [0.3, 0.4) is 0 Å². The number of hydrogen-bond donors (Lipinski definition) is 0. The molecule has 398 valence electrons. The largest absolute Gasteiger partial charge is 0.756 e. The van der Waals surface area contributed by atoms with Crippen molar-refractivity contribution in [2.75, 3.05) is 47.5 Å². The molecule has 0 spiro atoms. The summed E-state index contributed by atoms with van der Waals surface area (Å²) in [6.45, 7) is 4.30. The van der Waals surface area contributed by atoms with Gasteiger partial charge in [0.15, 0.2) is 6.10 Å². The first-order chi connectivity index (χ1) is 32.5. The minimum atomic E-state index is -4.63. The number of likely N-dealkylation sites (N-methyl/N-ethyl adjacent to an activating group) is 1. The minimum Gasteiger partial charge on any atom is -0.756 e. The van der Waals surface area contributed by atoms with Crippen molar-refractivity contribution in [1.82, 2.24) is 0 Å². The summed E-state index contributed by atoms with van der Waals surface area (Å²) >= 11 is 0. The summed E-state index contributed by atoms with van der Waals surface area (Å²) in [5, 5.41) is 0. The second-order valence-electron chi connectivity index (χ2n) is 21.0. The van der Waals surface area contributed by atoms with Gasteiger partial charge in [-0.2, -0.15) is 0 Å². The number of quaternary nitrogens is 1. The van der Waals surface area contributed by atoms with Crippen LogP contribution < -0.4 is 4.89 Å². The number of esters is 2. The normalized spacial score (nSPS) is 13.3. The summed E-state index contributed by atoms with van der Waals surface area (Å²) in [7, 11) is 1.18. The van der Waals surface area contributed by atoms with E-state index in [0.717, 1.165) is 32.1 Å². The molecule has 67 heavy (non-hydrogen) atoms. The van der Waals surface area contributed by atoms with E-state index in [2.05, 4.69) is 26.0 Å². The molecule has 2 unspecified atom stereocenters. The molecule has 0 saturated heterocycles. The Kier molecular flexibility index (Phi) is 48.8. The van der Waals surface area contributed by atoms with E-state index in [9.17, 15) is 19.0 Å². The smallest absolute Gasteiger partial charge is 0.306 e. The Morgan fingerprint density at radius 2 is 0.761 bits per heavy atom. The topological polar surface area (TPSA) is 111 Å². The number of rotatable bonds is 54. The van der Waals surface area contributed by atoms with E-state index in [4.69, 9.17) is 18.5 Å². The fourth-order valence-electron chi connectivity index (χ4n) is 8.54. The fraction of sp³-hybridized carbons (Fsp3) is 0.930. The predicted octanol–water partition coefficient (Wildman–Crippen LogP) is 17.0. The van der Waals surface area contributed by atoms with Gasteiger partial charge in [-0.15, -0.1) is 0 Å². The first-order valence-electron chi connectivity index (χ1n) is 28.9. The van der Waals surface area contributed by atoms with Crippen molar-refractivity contribution in [3.8, 4) is 0 Å². The van der Waals surface area contributed by atoms with Crippen LogP contribution in [0, 0.1) is 0 Å². The maximum atomic E-state index is 12.8. The van der Waals surface area contributed by atoms with Crippen LogP contribution in [0.1, 0.15) is 290 Å². The van der Waals surface area contributed by atoms with Crippen LogP contribution in [0.15, 0.2) is 12.2 Å². The molecule has 0 amide bonds. The number of phosphoric acid groups is 1. The Morgan fingerprint density at radius 3 is 1.10 bits per heavy atom. The van der Waals surface area contributed by atoms with Crippen molar-refractivity contribution in [2.24, 2.45) is 0 Å². The van der Waals surface area contributed by atoms with Crippen LogP contribution in [-0.4, -0.2) is 70.0 Å². The monoisotopic (exact) mass is 970 g/mol. The molecule has 0 aromatic heterocycles. The van der Waals surface area contributed by atoms with Crippen molar-refractivity contribution < 1.29 is 42.1 Å². The minimum absolute atomic E-state index is 0.0268. The maximum absolute atomic E-state index is 12.8. The second kappa shape index (κ2) is 49.7. The van der Waals surface area contributed by atoms with E-state index in [1.54, 1.807) is 0 Å². The number of carbonyl (C=O) groups is 2. The summed E-state index contributed by atoms with van der Waals surface area (Å²) in [4.78, 5) is 37.8. The molecular weight excluding hydrogens is 858 g/mol. The highest BCUT2D eigenvalue weighted by Crippen LogP contribution is 2.38. The van der Waals surface area contributed by atoms with Gasteiger partial charge in [-0.25, -0.2) is 0 Å². The highest BCUT2D eigenvalue weighted by molar-refractivity contribution is 7.45. The fourth-order valence-corrected chi connectivity index (χ4v) is 9.26. The van der Waals surface area contributed by atoms with E-state index >= 15 is 0 Å². The Labute approximate surface area is 416 Å². The van der Waals surface area contributed by atoms with E-state index in [1.807, 2.05) is 21.1 Å². The molecule has 0 N–H and O–H groups in total. The lowest BCUT2D eigenvalue weighted by atomic mass is 10.0. The quantitative estimate of drug-likeness (QED) is 0.0195.